The largest absolute Gasteiger partial charge is 0.416 e. The van der Waals surface area contributed by atoms with Gasteiger partial charge in [-0.25, -0.2) is 0 Å². The van der Waals surface area contributed by atoms with Crippen LogP contribution in [0.15, 0.2) is 48.5 Å². The molecule has 0 aromatic heterocycles. The summed E-state index contributed by atoms with van der Waals surface area (Å²) < 4.78 is 38.7. The molecule has 6 heteroatoms. The standard InChI is InChI=1S/C19H22F3N3/c1-14(15-5-7-17(23)8-6-15)24-9-11-25(12-10-24)18-4-2-3-16(13-18)19(20,21)22/h2-8,13-14H,9-12,23H2,1H3. The van der Waals surface area contributed by atoms with Crippen LogP contribution in [-0.2, 0) is 6.18 Å². The van der Waals surface area contributed by atoms with Gasteiger partial charge >= 0.3 is 6.18 Å². The molecule has 0 saturated carbocycles. The van der Waals surface area contributed by atoms with Crippen LogP contribution in [0.3, 0.4) is 0 Å². The number of anilines is 2. The number of alkyl halides is 3. The molecular weight excluding hydrogens is 327 g/mol. The summed E-state index contributed by atoms with van der Waals surface area (Å²) in [6.07, 6.45) is -4.30. The van der Waals surface area contributed by atoms with Crippen molar-refractivity contribution >= 4 is 11.4 Å². The van der Waals surface area contributed by atoms with E-state index in [9.17, 15) is 13.2 Å². The van der Waals surface area contributed by atoms with Crippen molar-refractivity contribution in [3.8, 4) is 0 Å². The molecule has 3 rings (SSSR count). The zero-order valence-electron chi connectivity index (χ0n) is 14.1. The highest BCUT2D eigenvalue weighted by Gasteiger charge is 2.31. The third-order valence-electron chi connectivity index (χ3n) is 4.82. The maximum atomic E-state index is 12.9. The third kappa shape index (κ3) is 4.07. The van der Waals surface area contributed by atoms with Crippen LogP contribution in [-0.4, -0.2) is 31.1 Å². The fraction of sp³-hybridized carbons (Fsp3) is 0.368. The molecule has 1 atom stereocenters. The first-order chi connectivity index (χ1) is 11.8. The van der Waals surface area contributed by atoms with Crippen LogP contribution in [0.1, 0.15) is 24.1 Å². The second-order valence-electron chi connectivity index (χ2n) is 6.41. The van der Waals surface area contributed by atoms with E-state index in [-0.39, 0.29) is 6.04 Å². The van der Waals surface area contributed by atoms with Crippen molar-refractivity contribution in [1.29, 1.82) is 0 Å². The maximum Gasteiger partial charge on any atom is 0.416 e. The summed E-state index contributed by atoms with van der Waals surface area (Å²) in [6.45, 7) is 5.18. The van der Waals surface area contributed by atoms with Crippen LogP contribution in [0, 0.1) is 0 Å². The Morgan fingerprint density at radius 2 is 1.60 bits per heavy atom. The summed E-state index contributed by atoms with van der Waals surface area (Å²) in [5, 5.41) is 0. The number of benzene rings is 2. The van der Waals surface area contributed by atoms with Gasteiger partial charge in [0, 0.05) is 43.6 Å². The van der Waals surface area contributed by atoms with E-state index in [2.05, 4.69) is 11.8 Å². The summed E-state index contributed by atoms with van der Waals surface area (Å²) >= 11 is 0. The molecule has 1 heterocycles. The lowest BCUT2D eigenvalue weighted by molar-refractivity contribution is -0.137. The number of hydrogen-bond donors (Lipinski definition) is 1. The first-order valence-corrected chi connectivity index (χ1v) is 8.36. The van der Waals surface area contributed by atoms with E-state index in [4.69, 9.17) is 5.73 Å². The summed E-state index contributed by atoms with van der Waals surface area (Å²) in [5.74, 6) is 0. The average molecular weight is 349 g/mol. The Hall–Kier alpha value is -2.21. The Labute approximate surface area is 145 Å². The number of piperazine rings is 1. The predicted molar refractivity (Wildman–Crippen MR) is 94.5 cm³/mol. The number of hydrogen-bond acceptors (Lipinski definition) is 3. The Balaban J connectivity index is 1.65. The lowest BCUT2D eigenvalue weighted by atomic mass is 10.1. The Bertz CT molecular complexity index is 705. The quantitative estimate of drug-likeness (QED) is 0.844. The van der Waals surface area contributed by atoms with Crippen LogP contribution >= 0.6 is 0 Å². The molecule has 1 unspecified atom stereocenters. The molecule has 0 bridgehead atoms. The highest BCUT2D eigenvalue weighted by Crippen LogP contribution is 2.32. The van der Waals surface area contributed by atoms with Gasteiger partial charge in [0.2, 0.25) is 0 Å². The molecular formula is C19H22F3N3. The molecule has 1 aliphatic heterocycles. The number of nitrogens with zero attached hydrogens (tertiary/aromatic N) is 2. The summed E-state index contributed by atoms with van der Waals surface area (Å²) in [4.78, 5) is 4.36. The molecule has 2 N–H and O–H groups in total. The van der Waals surface area contributed by atoms with E-state index in [1.165, 1.54) is 17.7 Å². The second-order valence-corrected chi connectivity index (χ2v) is 6.41. The van der Waals surface area contributed by atoms with Gasteiger partial charge in [-0.1, -0.05) is 18.2 Å². The van der Waals surface area contributed by atoms with Crippen LogP contribution in [0.5, 0.6) is 0 Å². The van der Waals surface area contributed by atoms with Crippen molar-refractivity contribution in [2.75, 3.05) is 36.8 Å². The average Bonchev–Trinajstić information content (AvgIpc) is 2.61. The van der Waals surface area contributed by atoms with Crippen LogP contribution in [0.2, 0.25) is 0 Å². The van der Waals surface area contributed by atoms with E-state index in [1.54, 1.807) is 6.07 Å². The Kier molecular flexibility index (Phi) is 4.90. The van der Waals surface area contributed by atoms with Gasteiger partial charge in [0.1, 0.15) is 0 Å². The van der Waals surface area contributed by atoms with Crippen LogP contribution in [0.25, 0.3) is 0 Å². The molecule has 134 valence electrons. The van der Waals surface area contributed by atoms with Gasteiger partial charge in [-0.2, -0.15) is 13.2 Å². The van der Waals surface area contributed by atoms with E-state index in [0.29, 0.717) is 18.8 Å². The molecule has 1 aliphatic rings. The van der Waals surface area contributed by atoms with Crippen molar-refractivity contribution < 1.29 is 13.2 Å². The van der Waals surface area contributed by atoms with E-state index in [0.717, 1.165) is 24.8 Å². The molecule has 0 amide bonds. The van der Waals surface area contributed by atoms with Gasteiger partial charge in [-0.15, -0.1) is 0 Å². The molecule has 2 aromatic rings. The highest BCUT2D eigenvalue weighted by molar-refractivity contribution is 5.49. The van der Waals surface area contributed by atoms with Crippen molar-refractivity contribution in [2.45, 2.75) is 19.1 Å². The fourth-order valence-corrected chi connectivity index (χ4v) is 3.23. The van der Waals surface area contributed by atoms with E-state index < -0.39 is 11.7 Å². The monoisotopic (exact) mass is 349 g/mol. The number of nitrogens with two attached hydrogens (primary N) is 1. The maximum absolute atomic E-state index is 12.9. The minimum absolute atomic E-state index is 0.254. The number of nitrogen functional groups attached to an aromatic ring is 1. The van der Waals surface area contributed by atoms with Gasteiger partial charge in [0.25, 0.3) is 0 Å². The van der Waals surface area contributed by atoms with E-state index in [1.807, 2.05) is 29.2 Å². The summed E-state index contributed by atoms with van der Waals surface area (Å²) in [7, 11) is 0. The second kappa shape index (κ2) is 6.96. The SMILES string of the molecule is CC(c1ccc(N)cc1)N1CCN(c2cccc(C(F)(F)F)c2)CC1. The smallest absolute Gasteiger partial charge is 0.399 e. The zero-order valence-corrected chi connectivity index (χ0v) is 14.1. The summed E-state index contributed by atoms with van der Waals surface area (Å²) in [6, 6.07) is 13.7. The normalized spacial score (nSPS) is 17.5. The molecule has 1 fully saturated rings. The lowest BCUT2D eigenvalue weighted by Gasteiger charge is -2.39. The predicted octanol–water partition coefficient (Wildman–Crippen LogP) is 4.17. The van der Waals surface area contributed by atoms with Crippen molar-refractivity contribution in [3.63, 3.8) is 0 Å². The van der Waals surface area contributed by atoms with Gasteiger partial charge in [-0.05, 0) is 42.8 Å². The van der Waals surface area contributed by atoms with Crippen LogP contribution in [0.4, 0.5) is 24.5 Å². The first-order valence-electron chi connectivity index (χ1n) is 8.36. The van der Waals surface area contributed by atoms with E-state index >= 15 is 0 Å². The summed E-state index contributed by atoms with van der Waals surface area (Å²) in [5.41, 5.74) is 7.71. The molecule has 3 nitrogen and oxygen atoms in total. The number of rotatable bonds is 3. The molecule has 1 saturated heterocycles. The highest BCUT2D eigenvalue weighted by atomic mass is 19.4. The van der Waals surface area contributed by atoms with Gasteiger partial charge in [0.15, 0.2) is 0 Å². The minimum Gasteiger partial charge on any atom is -0.399 e. The molecule has 0 aliphatic carbocycles. The van der Waals surface area contributed by atoms with Gasteiger partial charge in [-0.3, -0.25) is 4.90 Å². The van der Waals surface area contributed by atoms with Gasteiger partial charge < -0.3 is 10.6 Å². The fourth-order valence-electron chi connectivity index (χ4n) is 3.23. The zero-order chi connectivity index (χ0) is 18.0. The van der Waals surface area contributed by atoms with Crippen molar-refractivity contribution in [3.05, 3.63) is 59.7 Å². The van der Waals surface area contributed by atoms with Crippen molar-refractivity contribution in [1.82, 2.24) is 4.90 Å². The lowest BCUT2D eigenvalue weighted by Crippen LogP contribution is -2.47. The van der Waals surface area contributed by atoms with Crippen molar-refractivity contribution in [2.24, 2.45) is 0 Å². The molecule has 25 heavy (non-hydrogen) atoms. The molecule has 2 aromatic carbocycles. The third-order valence-corrected chi connectivity index (χ3v) is 4.82. The Morgan fingerprint density at radius 3 is 2.20 bits per heavy atom. The minimum atomic E-state index is -4.30. The molecule has 0 radical (unpaired) electrons. The van der Waals surface area contributed by atoms with Crippen LogP contribution < -0.4 is 10.6 Å². The first kappa shape index (κ1) is 17.6. The van der Waals surface area contributed by atoms with Gasteiger partial charge in [0.05, 0.1) is 5.56 Å². The Morgan fingerprint density at radius 1 is 0.960 bits per heavy atom. The topological polar surface area (TPSA) is 32.5 Å². The molecule has 0 spiro atoms. The number of halogens is 3.